The largest absolute Gasteiger partial charge is 0.508 e. The molecule has 2 aromatic carbocycles. The van der Waals surface area contributed by atoms with Gasteiger partial charge in [0.1, 0.15) is 11.5 Å². The fourth-order valence-electron chi connectivity index (χ4n) is 2.78. The number of benzene rings is 2. The highest BCUT2D eigenvalue weighted by Gasteiger charge is 2.14. The highest BCUT2D eigenvalue weighted by atomic mass is 16.5. The Balaban J connectivity index is 1.94. The van der Waals surface area contributed by atoms with Gasteiger partial charge in [0, 0.05) is 23.2 Å². The van der Waals surface area contributed by atoms with E-state index in [2.05, 4.69) is 9.97 Å². The molecule has 25 heavy (non-hydrogen) atoms. The predicted octanol–water partition coefficient (Wildman–Crippen LogP) is 3.56. The quantitative estimate of drug-likeness (QED) is 0.598. The van der Waals surface area contributed by atoms with E-state index in [-0.39, 0.29) is 11.2 Å². The van der Waals surface area contributed by atoms with Gasteiger partial charge in [-0.05, 0) is 35.9 Å². The molecule has 0 saturated heterocycles. The number of rotatable bonds is 3. The fourth-order valence-corrected chi connectivity index (χ4v) is 2.78. The number of methoxy groups -OCH3 is 1. The SMILES string of the molecule is COc1cc2[nH]c(-c3ccc(O)cc3)cc(=O)c2cc1-c1cnco1. The maximum absolute atomic E-state index is 12.6. The van der Waals surface area contributed by atoms with Crippen molar-refractivity contribution in [3.05, 3.63) is 65.3 Å². The minimum Gasteiger partial charge on any atom is -0.508 e. The lowest BCUT2D eigenvalue weighted by Crippen LogP contribution is -2.04. The van der Waals surface area contributed by atoms with Gasteiger partial charge in [-0.15, -0.1) is 0 Å². The predicted molar refractivity (Wildman–Crippen MR) is 93.7 cm³/mol. The molecule has 2 N–H and O–H groups in total. The van der Waals surface area contributed by atoms with Gasteiger partial charge in [0.2, 0.25) is 0 Å². The Morgan fingerprint density at radius 1 is 1.16 bits per heavy atom. The summed E-state index contributed by atoms with van der Waals surface area (Å²) < 4.78 is 10.8. The van der Waals surface area contributed by atoms with Gasteiger partial charge in [0.25, 0.3) is 0 Å². The maximum Gasteiger partial charge on any atom is 0.190 e. The number of aromatic amines is 1. The van der Waals surface area contributed by atoms with Gasteiger partial charge in [-0.1, -0.05) is 0 Å². The van der Waals surface area contributed by atoms with Crippen LogP contribution in [-0.4, -0.2) is 22.2 Å². The second-order valence-corrected chi connectivity index (χ2v) is 5.56. The number of nitrogens with zero attached hydrogens (tertiary/aromatic N) is 1. The summed E-state index contributed by atoms with van der Waals surface area (Å²) in [6.07, 6.45) is 2.90. The lowest BCUT2D eigenvalue weighted by Gasteiger charge is -2.10. The van der Waals surface area contributed by atoms with Crippen molar-refractivity contribution in [3.63, 3.8) is 0 Å². The van der Waals surface area contributed by atoms with Gasteiger partial charge >= 0.3 is 0 Å². The first kappa shape index (κ1) is 15.0. The molecule has 0 aliphatic heterocycles. The first-order valence-electron chi connectivity index (χ1n) is 7.59. The van der Waals surface area contributed by atoms with E-state index >= 15 is 0 Å². The van der Waals surface area contributed by atoms with Crippen LogP contribution in [0.1, 0.15) is 0 Å². The van der Waals surface area contributed by atoms with E-state index in [4.69, 9.17) is 9.15 Å². The zero-order valence-corrected chi connectivity index (χ0v) is 13.3. The lowest BCUT2D eigenvalue weighted by atomic mass is 10.1. The number of hydrogen-bond acceptors (Lipinski definition) is 5. The molecule has 0 aliphatic rings. The summed E-state index contributed by atoms with van der Waals surface area (Å²) >= 11 is 0. The Morgan fingerprint density at radius 3 is 2.64 bits per heavy atom. The number of pyridine rings is 1. The summed E-state index contributed by atoms with van der Waals surface area (Å²) in [6.45, 7) is 0. The van der Waals surface area contributed by atoms with Crippen LogP contribution in [0.25, 0.3) is 33.5 Å². The molecule has 0 bridgehead atoms. The molecule has 0 fully saturated rings. The van der Waals surface area contributed by atoms with Crippen LogP contribution in [0.2, 0.25) is 0 Å². The molecule has 0 spiro atoms. The molecule has 0 unspecified atom stereocenters. The topological polar surface area (TPSA) is 88.4 Å². The van der Waals surface area contributed by atoms with E-state index in [1.807, 2.05) is 0 Å². The Morgan fingerprint density at radius 2 is 1.96 bits per heavy atom. The van der Waals surface area contributed by atoms with E-state index < -0.39 is 0 Å². The van der Waals surface area contributed by atoms with Crippen LogP contribution in [-0.2, 0) is 0 Å². The standard InChI is InChI=1S/C19H14N2O4/c1-24-18-8-16-13(6-14(18)19-9-20-10-25-19)17(23)7-15(21-16)11-2-4-12(22)5-3-11/h2-10,22H,1H3,(H,21,23). The molecule has 2 heterocycles. The Labute approximate surface area is 142 Å². The summed E-state index contributed by atoms with van der Waals surface area (Å²) in [7, 11) is 1.56. The van der Waals surface area contributed by atoms with Crippen LogP contribution >= 0.6 is 0 Å². The summed E-state index contributed by atoms with van der Waals surface area (Å²) in [5, 5.41) is 9.94. The first-order valence-corrected chi connectivity index (χ1v) is 7.59. The van der Waals surface area contributed by atoms with E-state index in [9.17, 15) is 9.90 Å². The van der Waals surface area contributed by atoms with Gasteiger partial charge in [-0.25, -0.2) is 4.98 Å². The molecule has 0 radical (unpaired) electrons. The van der Waals surface area contributed by atoms with Crippen molar-refractivity contribution >= 4 is 10.9 Å². The first-order chi connectivity index (χ1) is 12.2. The Kier molecular flexibility index (Phi) is 3.50. The monoisotopic (exact) mass is 334 g/mol. The molecule has 2 aromatic heterocycles. The van der Waals surface area contributed by atoms with Crippen molar-refractivity contribution in [2.75, 3.05) is 7.11 Å². The van der Waals surface area contributed by atoms with Crippen molar-refractivity contribution in [2.24, 2.45) is 0 Å². The minimum absolute atomic E-state index is 0.125. The average Bonchev–Trinajstić information content (AvgIpc) is 3.15. The molecule has 0 aliphatic carbocycles. The van der Waals surface area contributed by atoms with Gasteiger partial charge in [0.05, 0.1) is 24.4 Å². The number of ether oxygens (including phenoxy) is 1. The number of fused-ring (bicyclic) bond motifs is 1. The molecular formula is C19H14N2O4. The molecule has 6 nitrogen and oxygen atoms in total. The highest BCUT2D eigenvalue weighted by molar-refractivity contribution is 5.88. The normalized spacial score (nSPS) is 10.9. The number of phenols is 1. The van der Waals surface area contributed by atoms with Gasteiger partial charge in [-0.3, -0.25) is 4.79 Å². The van der Waals surface area contributed by atoms with Crippen LogP contribution in [0.4, 0.5) is 0 Å². The Bertz CT molecular complexity index is 1100. The number of H-pyrrole nitrogens is 1. The van der Waals surface area contributed by atoms with Crippen molar-refractivity contribution in [1.82, 2.24) is 9.97 Å². The third-order valence-corrected chi connectivity index (χ3v) is 4.03. The van der Waals surface area contributed by atoms with Crippen molar-refractivity contribution in [3.8, 4) is 34.1 Å². The second-order valence-electron chi connectivity index (χ2n) is 5.56. The lowest BCUT2D eigenvalue weighted by molar-refractivity contribution is 0.415. The van der Waals surface area contributed by atoms with Crippen LogP contribution in [0.5, 0.6) is 11.5 Å². The molecule has 124 valence electrons. The number of phenolic OH excluding ortho intramolecular Hbond substituents is 1. The molecule has 4 aromatic rings. The van der Waals surface area contributed by atoms with Gasteiger partial charge in [0.15, 0.2) is 17.6 Å². The average molecular weight is 334 g/mol. The van der Waals surface area contributed by atoms with Crippen LogP contribution in [0, 0.1) is 0 Å². The molecule has 6 heteroatoms. The smallest absolute Gasteiger partial charge is 0.190 e. The van der Waals surface area contributed by atoms with E-state index in [1.54, 1.807) is 49.7 Å². The molecule has 4 rings (SSSR count). The van der Waals surface area contributed by atoms with Crippen LogP contribution in [0.3, 0.4) is 0 Å². The summed E-state index contributed by atoms with van der Waals surface area (Å²) in [5.74, 6) is 1.27. The fraction of sp³-hybridized carbons (Fsp3) is 0.0526. The van der Waals surface area contributed by atoms with E-state index in [0.29, 0.717) is 33.7 Å². The number of aromatic nitrogens is 2. The summed E-state index contributed by atoms with van der Waals surface area (Å²) in [6, 6.07) is 11.7. The number of hydrogen-bond donors (Lipinski definition) is 2. The second kappa shape index (κ2) is 5.83. The van der Waals surface area contributed by atoms with Crippen LogP contribution in [0.15, 0.2) is 64.3 Å². The molecular weight excluding hydrogens is 320 g/mol. The maximum atomic E-state index is 12.6. The van der Waals surface area contributed by atoms with E-state index in [1.165, 1.54) is 12.5 Å². The zero-order chi connectivity index (χ0) is 17.4. The van der Waals surface area contributed by atoms with E-state index in [0.717, 1.165) is 5.56 Å². The molecule has 0 saturated carbocycles. The van der Waals surface area contributed by atoms with Crippen molar-refractivity contribution in [1.29, 1.82) is 0 Å². The number of oxazole rings is 1. The third kappa shape index (κ3) is 2.63. The highest BCUT2D eigenvalue weighted by Crippen LogP contribution is 2.33. The summed E-state index contributed by atoms with van der Waals surface area (Å²) in [4.78, 5) is 19.8. The van der Waals surface area contributed by atoms with Crippen molar-refractivity contribution in [2.45, 2.75) is 0 Å². The van der Waals surface area contributed by atoms with Gasteiger partial charge < -0.3 is 19.2 Å². The molecule has 0 amide bonds. The van der Waals surface area contributed by atoms with Gasteiger partial charge in [-0.2, -0.15) is 0 Å². The molecule has 0 atom stereocenters. The number of aromatic hydroxyl groups is 1. The number of nitrogens with one attached hydrogen (secondary N) is 1. The summed E-state index contributed by atoms with van der Waals surface area (Å²) in [5.41, 5.74) is 2.65. The Hall–Kier alpha value is -3.54. The third-order valence-electron chi connectivity index (χ3n) is 4.03. The zero-order valence-electron chi connectivity index (χ0n) is 13.3. The van der Waals surface area contributed by atoms with Crippen LogP contribution < -0.4 is 10.2 Å². The van der Waals surface area contributed by atoms with Crippen molar-refractivity contribution < 1.29 is 14.3 Å². The minimum atomic E-state index is -0.125.